The molecule has 1 atom stereocenters. The normalized spacial score (nSPS) is 12.6. The largest absolute Gasteiger partial charge is 0.394 e. The minimum absolute atomic E-state index is 0.0348. The first-order valence-corrected chi connectivity index (χ1v) is 6.75. The highest BCUT2D eigenvalue weighted by atomic mass is 32.1. The molecule has 0 saturated heterocycles. The molecule has 0 radical (unpaired) electrons. The van der Waals surface area contributed by atoms with Crippen LogP contribution in [0.4, 0.5) is 0 Å². The monoisotopic (exact) mass is 264 g/mol. The van der Waals surface area contributed by atoms with Crippen LogP contribution in [-0.2, 0) is 11.2 Å². The maximum atomic E-state index is 11.6. The van der Waals surface area contributed by atoms with Crippen molar-refractivity contribution in [1.29, 1.82) is 0 Å². The molecule has 4 nitrogen and oxygen atoms in total. The lowest BCUT2D eigenvalue weighted by molar-refractivity contribution is -0.121. The Hall–Kier alpha value is -1.46. The molecular formula is C13H16N2O2S. The predicted molar refractivity (Wildman–Crippen MR) is 72.6 cm³/mol. The Labute approximate surface area is 110 Å². The average molecular weight is 264 g/mol. The minimum Gasteiger partial charge on any atom is -0.394 e. The number of aliphatic hydroxyl groups is 1. The summed E-state index contributed by atoms with van der Waals surface area (Å²) in [5.41, 5.74) is 0.988. The molecule has 2 N–H and O–H groups in total. The van der Waals surface area contributed by atoms with Crippen molar-refractivity contribution in [2.24, 2.45) is 0 Å². The number of hydrogen-bond donors (Lipinski definition) is 2. The molecule has 0 bridgehead atoms. The number of carbonyl (C=O) groups is 1. The molecule has 0 aliphatic carbocycles. The van der Waals surface area contributed by atoms with Gasteiger partial charge in [0.2, 0.25) is 5.91 Å². The molecule has 0 aliphatic rings. The van der Waals surface area contributed by atoms with Crippen molar-refractivity contribution in [2.75, 3.05) is 6.61 Å². The molecule has 0 fully saturated rings. The number of aliphatic hydroxyl groups excluding tert-OH is 1. The number of hydrogen-bond acceptors (Lipinski definition) is 4. The highest BCUT2D eigenvalue weighted by Crippen LogP contribution is 2.22. The van der Waals surface area contributed by atoms with Gasteiger partial charge in [-0.1, -0.05) is 12.1 Å². The van der Waals surface area contributed by atoms with E-state index in [-0.39, 0.29) is 18.6 Å². The molecule has 5 heteroatoms. The minimum atomic E-state index is -0.187. The molecule has 1 aromatic heterocycles. The SMILES string of the molecule is C[C@H](CO)NC(=O)CCc1nc2ccccc2s1. The Balaban J connectivity index is 1.92. The van der Waals surface area contributed by atoms with E-state index in [1.807, 2.05) is 24.3 Å². The summed E-state index contributed by atoms with van der Waals surface area (Å²) in [6.45, 7) is 1.74. The maximum Gasteiger partial charge on any atom is 0.220 e. The quantitative estimate of drug-likeness (QED) is 0.864. The number of nitrogens with zero attached hydrogens (tertiary/aromatic N) is 1. The van der Waals surface area contributed by atoms with Crippen molar-refractivity contribution >= 4 is 27.5 Å². The molecule has 0 unspecified atom stereocenters. The summed E-state index contributed by atoms with van der Waals surface area (Å²) in [6, 6.07) is 7.77. The van der Waals surface area contributed by atoms with Crippen molar-refractivity contribution in [2.45, 2.75) is 25.8 Å². The zero-order valence-corrected chi connectivity index (χ0v) is 11.0. The first-order chi connectivity index (χ1) is 8.69. The van der Waals surface area contributed by atoms with E-state index in [2.05, 4.69) is 10.3 Å². The molecule has 0 aliphatic heterocycles. The predicted octanol–water partition coefficient (Wildman–Crippen LogP) is 1.73. The molecule has 96 valence electrons. The van der Waals surface area contributed by atoms with Crippen LogP contribution in [0.5, 0.6) is 0 Å². The van der Waals surface area contributed by atoms with Crippen LogP contribution in [0.2, 0.25) is 0 Å². The third-order valence-corrected chi connectivity index (χ3v) is 3.68. The zero-order valence-electron chi connectivity index (χ0n) is 10.2. The van der Waals surface area contributed by atoms with Gasteiger partial charge in [0.25, 0.3) is 0 Å². The molecule has 18 heavy (non-hydrogen) atoms. The molecule has 1 aromatic carbocycles. The molecule has 1 amide bonds. The van der Waals surface area contributed by atoms with E-state index >= 15 is 0 Å². The van der Waals surface area contributed by atoms with Gasteiger partial charge in [-0.25, -0.2) is 4.98 Å². The second-order valence-electron chi connectivity index (χ2n) is 4.23. The lowest BCUT2D eigenvalue weighted by Crippen LogP contribution is -2.35. The van der Waals surface area contributed by atoms with Crippen LogP contribution in [0.1, 0.15) is 18.4 Å². The van der Waals surface area contributed by atoms with Gasteiger partial charge in [-0.3, -0.25) is 4.79 Å². The fourth-order valence-electron chi connectivity index (χ4n) is 1.64. The summed E-state index contributed by atoms with van der Waals surface area (Å²) < 4.78 is 1.15. The first-order valence-electron chi connectivity index (χ1n) is 5.93. The van der Waals surface area contributed by atoms with Gasteiger partial charge in [0, 0.05) is 18.9 Å². The van der Waals surface area contributed by atoms with Crippen molar-refractivity contribution in [3.63, 3.8) is 0 Å². The second kappa shape index (κ2) is 5.93. The summed E-state index contributed by atoms with van der Waals surface area (Å²) in [7, 11) is 0. The highest BCUT2D eigenvalue weighted by molar-refractivity contribution is 7.18. The topological polar surface area (TPSA) is 62.2 Å². The molecule has 1 heterocycles. The Morgan fingerprint density at radius 1 is 1.50 bits per heavy atom. The molecule has 0 spiro atoms. The number of benzene rings is 1. The van der Waals surface area contributed by atoms with E-state index in [0.717, 1.165) is 15.2 Å². The van der Waals surface area contributed by atoms with Gasteiger partial charge < -0.3 is 10.4 Å². The Morgan fingerprint density at radius 3 is 3.00 bits per heavy atom. The summed E-state index contributed by atoms with van der Waals surface area (Å²) in [4.78, 5) is 16.0. The van der Waals surface area contributed by atoms with Crippen molar-refractivity contribution in [3.05, 3.63) is 29.3 Å². The standard InChI is InChI=1S/C13H16N2O2S/c1-9(8-16)14-12(17)6-7-13-15-10-4-2-3-5-11(10)18-13/h2-5,9,16H,6-8H2,1H3,(H,14,17)/t9-/m1/s1. The van der Waals surface area contributed by atoms with E-state index in [0.29, 0.717) is 12.8 Å². The van der Waals surface area contributed by atoms with Gasteiger partial charge in [-0.05, 0) is 19.1 Å². The Kier molecular flexibility index (Phi) is 4.28. The number of rotatable bonds is 5. The van der Waals surface area contributed by atoms with E-state index in [9.17, 15) is 4.79 Å². The summed E-state index contributed by atoms with van der Waals surface area (Å²) in [5.74, 6) is -0.0455. The number of amides is 1. The van der Waals surface area contributed by atoms with Gasteiger partial charge in [0.05, 0.1) is 21.8 Å². The van der Waals surface area contributed by atoms with Gasteiger partial charge in [-0.15, -0.1) is 11.3 Å². The highest BCUT2D eigenvalue weighted by Gasteiger charge is 2.08. The molecule has 2 aromatic rings. The third kappa shape index (κ3) is 3.27. The number of aryl methyl sites for hydroxylation is 1. The Bertz CT molecular complexity index is 506. The zero-order chi connectivity index (χ0) is 13.0. The van der Waals surface area contributed by atoms with Crippen LogP contribution in [0.25, 0.3) is 10.2 Å². The number of thiazole rings is 1. The van der Waals surface area contributed by atoms with Crippen LogP contribution in [-0.4, -0.2) is 28.6 Å². The number of fused-ring (bicyclic) bond motifs is 1. The van der Waals surface area contributed by atoms with Gasteiger partial charge in [0.1, 0.15) is 0 Å². The molecule has 0 saturated carbocycles. The van der Waals surface area contributed by atoms with Gasteiger partial charge in [0.15, 0.2) is 0 Å². The van der Waals surface area contributed by atoms with Crippen LogP contribution in [0.3, 0.4) is 0 Å². The van der Waals surface area contributed by atoms with E-state index in [4.69, 9.17) is 5.11 Å². The van der Waals surface area contributed by atoms with Crippen molar-refractivity contribution < 1.29 is 9.90 Å². The number of nitrogens with one attached hydrogen (secondary N) is 1. The first kappa shape index (κ1) is 13.0. The third-order valence-electron chi connectivity index (χ3n) is 2.59. The summed E-state index contributed by atoms with van der Waals surface area (Å²) >= 11 is 1.62. The smallest absolute Gasteiger partial charge is 0.220 e. The van der Waals surface area contributed by atoms with Crippen molar-refractivity contribution in [3.8, 4) is 0 Å². The van der Waals surface area contributed by atoms with Crippen molar-refractivity contribution in [1.82, 2.24) is 10.3 Å². The maximum absolute atomic E-state index is 11.6. The lowest BCUT2D eigenvalue weighted by Gasteiger charge is -2.09. The van der Waals surface area contributed by atoms with E-state index in [1.54, 1.807) is 18.3 Å². The van der Waals surface area contributed by atoms with Gasteiger partial charge in [-0.2, -0.15) is 0 Å². The van der Waals surface area contributed by atoms with Crippen LogP contribution in [0, 0.1) is 0 Å². The van der Waals surface area contributed by atoms with Crippen LogP contribution in [0.15, 0.2) is 24.3 Å². The van der Waals surface area contributed by atoms with Gasteiger partial charge >= 0.3 is 0 Å². The Morgan fingerprint density at radius 2 is 2.28 bits per heavy atom. The number of aromatic nitrogens is 1. The van der Waals surface area contributed by atoms with E-state index in [1.165, 1.54) is 0 Å². The second-order valence-corrected chi connectivity index (χ2v) is 5.34. The summed E-state index contributed by atoms with van der Waals surface area (Å²) in [5, 5.41) is 12.5. The number of para-hydroxylation sites is 1. The van der Waals surface area contributed by atoms with E-state index < -0.39 is 0 Å². The lowest BCUT2D eigenvalue weighted by atomic mass is 10.2. The molecule has 2 rings (SSSR count). The fraction of sp³-hybridized carbons (Fsp3) is 0.385. The fourth-order valence-corrected chi connectivity index (χ4v) is 2.61. The average Bonchev–Trinajstić information content (AvgIpc) is 2.79. The summed E-state index contributed by atoms with van der Waals surface area (Å²) in [6.07, 6.45) is 1.05. The van der Waals surface area contributed by atoms with Crippen LogP contribution < -0.4 is 5.32 Å². The molecular weight excluding hydrogens is 248 g/mol. The van der Waals surface area contributed by atoms with Crippen LogP contribution >= 0.6 is 11.3 Å². The number of carbonyl (C=O) groups excluding carboxylic acids is 1.